The van der Waals surface area contributed by atoms with Gasteiger partial charge in [-0.05, 0) is 31.9 Å². The van der Waals surface area contributed by atoms with Crippen LogP contribution in [0.1, 0.15) is 37.7 Å². The number of sulfonamides is 1. The summed E-state index contributed by atoms with van der Waals surface area (Å²) in [5.41, 5.74) is 0.975. The third-order valence-corrected chi connectivity index (χ3v) is 5.65. The van der Waals surface area contributed by atoms with Crippen LogP contribution in [0, 0.1) is 6.92 Å². The summed E-state index contributed by atoms with van der Waals surface area (Å²) in [7, 11) is -2.49. The Morgan fingerprint density at radius 3 is 2.29 bits per heavy atom. The molecule has 5 nitrogen and oxygen atoms in total. The van der Waals surface area contributed by atoms with Crippen LogP contribution in [0.15, 0.2) is 29.2 Å². The van der Waals surface area contributed by atoms with E-state index in [4.69, 9.17) is 0 Å². The van der Waals surface area contributed by atoms with Crippen molar-refractivity contribution in [1.82, 2.24) is 9.62 Å². The Labute approximate surface area is 126 Å². The molecule has 0 atom stereocenters. The van der Waals surface area contributed by atoms with E-state index in [1.807, 2.05) is 6.92 Å². The number of carbonyl (C=O) groups is 1. The van der Waals surface area contributed by atoms with E-state index in [1.165, 1.54) is 25.6 Å². The minimum Gasteiger partial charge on any atom is -0.334 e. The van der Waals surface area contributed by atoms with Gasteiger partial charge in [0.2, 0.25) is 0 Å². The molecule has 0 bridgehead atoms. The molecule has 1 fully saturated rings. The topological polar surface area (TPSA) is 66.5 Å². The molecule has 1 aromatic carbocycles. The van der Waals surface area contributed by atoms with Gasteiger partial charge >= 0.3 is 6.03 Å². The van der Waals surface area contributed by atoms with Crippen molar-refractivity contribution < 1.29 is 13.2 Å². The van der Waals surface area contributed by atoms with Crippen molar-refractivity contribution in [3.63, 3.8) is 0 Å². The molecule has 2 rings (SSSR count). The third kappa shape index (κ3) is 3.75. The monoisotopic (exact) mass is 310 g/mol. The summed E-state index contributed by atoms with van der Waals surface area (Å²) in [6.07, 6.45) is 5.19. The van der Waals surface area contributed by atoms with Crippen LogP contribution >= 0.6 is 0 Å². The van der Waals surface area contributed by atoms with Crippen molar-refractivity contribution in [2.45, 2.75) is 50.0 Å². The molecule has 1 aliphatic carbocycles. The minimum atomic E-state index is -3.78. The Morgan fingerprint density at radius 2 is 1.71 bits per heavy atom. The van der Waals surface area contributed by atoms with Gasteiger partial charge in [0.25, 0.3) is 10.0 Å². The van der Waals surface area contributed by atoms with E-state index in [1.54, 1.807) is 12.1 Å². The highest BCUT2D eigenvalue weighted by molar-refractivity contribution is 7.89. The van der Waals surface area contributed by atoms with Crippen LogP contribution in [0.2, 0.25) is 0 Å². The molecule has 1 saturated carbocycles. The fourth-order valence-corrected chi connectivity index (χ4v) is 3.56. The third-order valence-electron chi connectivity index (χ3n) is 3.90. The number of benzene rings is 1. The molecule has 0 aromatic heterocycles. The predicted molar refractivity (Wildman–Crippen MR) is 81.5 cm³/mol. The molecule has 6 heteroatoms. The smallest absolute Gasteiger partial charge is 0.331 e. The Morgan fingerprint density at radius 1 is 1.14 bits per heavy atom. The van der Waals surface area contributed by atoms with Gasteiger partial charge in [0.05, 0.1) is 4.90 Å². The van der Waals surface area contributed by atoms with Gasteiger partial charge in [-0.2, -0.15) is 0 Å². The number of hydrogen-bond donors (Lipinski definition) is 1. The summed E-state index contributed by atoms with van der Waals surface area (Å²) < 4.78 is 25.6. The summed E-state index contributed by atoms with van der Waals surface area (Å²) in [6, 6.07) is 6.02. The van der Waals surface area contributed by atoms with Gasteiger partial charge in [-0.1, -0.05) is 37.0 Å². The fourth-order valence-electron chi connectivity index (χ4n) is 2.49. The summed E-state index contributed by atoms with van der Waals surface area (Å²) in [6.45, 7) is 1.88. The van der Waals surface area contributed by atoms with Gasteiger partial charge < -0.3 is 5.32 Å². The zero-order chi connectivity index (χ0) is 15.5. The number of hydrogen-bond acceptors (Lipinski definition) is 3. The number of nitrogens with one attached hydrogen (secondary N) is 1. The maximum atomic E-state index is 12.4. The van der Waals surface area contributed by atoms with Crippen molar-refractivity contribution >= 4 is 16.1 Å². The second-order valence-electron chi connectivity index (χ2n) is 5.57. The Bertz CT molecular complexity index is 590. The zero-order valence-corrected chi connectivity index (χ0v) is 13.3. The van der Waals surface area contributed by atoms with Crippen molar-refractivity contribution in [3.8, 4) is 0 Å². The molecule has 1 aliphatic rings. The Kier molecular flexibility index (Phi) is 4.88. The molecule has 0 unspecified atom stereocenters. The first kappa shape index (κ1) is 15.8. The van der Waals surface area contributed by atoms with Crippen LogP contribution in [0.25, 0.3) is 0 Å². The van der Waals surface area contributed by atoms with E-state index in [0.29, 0.717) is 0 Å². The van der Waals surface area contributed by atoms with Gasteiger partial charge in [0.1, 0.15) is 0 Å². The summed E-state index contributed by atoms with van der Waals surface area (Å²) in [4.78, 5) is 12.3. The summed E-state index contributed by atoms with van der Waals surface area (Å²) >= 11 is 0. The molecule has 0 aliphatic heterocycles. The predicted octanol–water partition coefficient (Wildman–Crippen LogP) is 2.66. The van der Waals surface area contributed by atoms with Crippen molar-refractivity contribution in [3.05, 3.63) is 29.8 Å². The van der Waals surface area contributed by atoms with Gasteiger partial charge in [0, 0.05) is 13.1 Å². The molecule has 0 spiro atoms. The van der Waals surface area contributed by atoms with Crippen molar-refractivity contribution in [1.29, 1.82) is 0 Å². The molecule has 1 N–H and O–H groups in total. The largest absolute Gasteiger partial charge is 0.334 e. The molecule has 2 amide bonds. The van der Waals surface area contributed by atoms with Crippen molar-refractivity contribution in [2.24, 2.45) is 0 Å². The average molecular weight is 310 g/mol. The number of aryl methyl sites for hydroxylation is 1. The number of nitrogens with zero attached hydrogens (tertiary/aromatic N) is 1. The zero-order valence-electron chi connectivity index (χ0n) is 12.5. The number of rotatable bonds is 3. The number of carbonyl (C=O) groups excluding carboxylic acids is 1. The fraction of sp³-hybridized carbons (Fsp3) is 0.533. The van der Waals surface area contributed by atoms with Crippen LogP contribution in [-0.4, -0.2) is 31.8 Å². The van der Waals surface area contributed by atoms with Crippen LogP contribution in [0.4, 0.5) is 4.79 Å². The van der Waals surface area contributed by atoms with Crippen LogP contribution in [-0.2, 0) is 10.0 Å². The van der Waals surface area contributed by atoms with E-state index in [-0.39, 0.29) is 10.9 Å². The first-order valence-corrected chi connectivity index (χ1v) is 8.71. The number of urea groups is 1. The average Bonchev–Trinajstić information content (AvgIpc) is 2.48. The maximum Gasteiger partial charge on any atom is 0.331 e. The van der Waals surface area contributed by atoms with Crippen LogP contribution in [0.3, 0.4) is 0 Å². The summed E-state index contributed by atoms with van der Waals surface area (Å²) in [5.74, 6) is 0. The molecular formula is C15H22N2O3S. The van der Waals surface area contributed by atoms with Gasteiger partial charge in [-0.25, -0.2) is 17.5 Å². The first-order valence-electron chi connectivity index (χ1n) is 7.27. The van der Waals surface area contributed by atoms with Gasteiger partial charge in [-0.15, -0.1) is 0 Å². The first-order chi connectivity index (χ1) is 9.91. The standard InChI is InChI=1S/C15H22N2O3S/c1-12-8-10-14(11-9-12)21(19,20)17(2)15(18)16-13-6-4-3-5-7-13/h8-11,13H,3-7H2,1-2H3,(H,16,18). The van der Waals surface area contributed by atoms with E-state index >= 15 is 0 Å². The van der Waals surface area contributed by atoms with E-state index < -0.39 is 16.1 Å². The highest BCUT2D eigenvalue weighted by Crippen LogP contribution is 2.19. The summed E-state index contributed by atoms with van der Waals surface area (Å²) in [5, 5.41) is 2.81. The van der Waals surface area contributed by atoms with Crippen LogP contribution < -0.4 is 5.32 Å². The molecule has 0 saturated heterocycles. The normalized spacial score (nSPS) is 16.5. The van der Waals surface area contributed by atoms with Gasteiger partial charge in [0.15, 0.2) is 0 Å². The molecule has 21 heavy (non-hydrogen) atoms. The van der Waals surface area contributed by atoms with E-state index in [9.17, 15) is 13.2 Å². The lowest BCUT2D eigenvalue weighted by molar-refractivity contribution is 0.220. The highest BCUT2D eigenvalue weighted by atomic mass is 32.2. The lowest BCUT2D eigenvalue weighted by Gasteiger charge is -2.26. The molecular weight excluding hydrogens is 288 g/mol. The SMILES string of the molecule is Cc1ccc(S(=O)(=O)N(C)C(=O)NC2CCCCC2)cc1. The van der Waals surface area contributed by atoms with E-state index in [0.717, 1.165) is 35.6 Å². The maximum absolute atomic E-state index is 12.4. The minimum absolute atomic E-state index is 0.0851. The lowest BCUT2D eigenvalue weighted by Crippen LogP contribution is -2.46. The van der Waals surface area contributed by atoms with Gasteiger partial charge in [-0.3, -0.25) is 0 Å². The van der Waals surface area contributed by atoms with Crippen molar-refractivity contribution in [2.75, 3.05) is 7.05 Å². The van der Waals surface area contributed by atoms with Crippen LogP contribution in [0.5, 0.6) is 0 Å². The highest BCUT2D eigenvalue weighted by Gasteiger charge is 2.27. The quantitative estimate of drug-likeness (QED) is 0.933. The lowest BCUT2D eigenvalue weighted by atomic mass is 9.96. The molecule has 1 aromatic rings. The Hall–Kier alpha value is -1.56. The second-order valence-corrected chi connectivity index (χ2v) is 7.54. The molecule has 0 heterocycles. The Balaban J connectivity index is 2.08. The second kappa shape index (κ2) is 6.47. The van der Waals surface area contributed by atoms with E-state index in [2.05, 4.69) is 5.32 Å². The molecule has 0 radical (unpaired) electrons. The molecule has 116 valence electrons. The number of amides is 2.